The lowest BCUT2D eigenvalue weighted by atomic mass is 9.94. The monoisotopic (exact) mass is 403 g/mol. The molecule has 1 aliphatic heterocycles. The highest BCUT2D eigenvalue weighted by Gasteiger charge is 2.28. The summed E-state index contributed by atoms with van der Waals surface area (Å²) >= 11 is 0. The molecule has 0 saturated carbocycles. The molecule has 0 aliphatic carbocycles. The predicted molar refractivity (Wildman–Crippen MR) is 120 cm³/mol. The van der Waals surface area contributed by atoms with Gasteiger partial charge in [-0.05, 0) is 44.0 Å². The Balaban J connectivity index is 1.42. The molecule has 3 aromatic rings. The zero-order valence-corrected chi connectivity index (χ0v) is 17.5. The molecule has 1 atom stereocenters. The number of benzene rings is 2. The van der Waals surface area contributed by atoms with Crippen LogP contribution in [0.25, 0.3) is 10.9 Å². The largest absolute Gasteiger partial charge is 0.352 e. The van der Waals surface area contributed by atoms with E-state index in [0.29, 0.717) is 26.1 Å². The smallest absolute Gasteiger partial charge is 0.226 e. The minimum atomic E-state index is -0.0656. The molecule has 1 aromatic heterocycles. The van der Waals surface area contributed by atoms with E-state index in [2.05, 4.69) is 52.1 Å². The van der Waals surface area contributed by atoms with Gasteiger partial charge >= 0.3 is 0 Å². The molecule has 1 fully saturated rings. The summed E-state index contributed by atoms with van der Waals surface area (Å²) in [5, 5.41) is 1.06. The van der Waals surface area contributed by atoms with E-state index in [1.165, 1.54) is 11.1 Å². The van der Waals surface area contributed by atoms with Crippen molar-refractivity contribution in [3.8, 4) is 0 Å². The Morgan fingerprint density at radius 3 is 2.50 bits per heavy atom. The van der Waals surface area contributed by atoms with Crippen LogP contribution >= 0.6 is 0 Å². The maximum absolute atomic E-state index is 13.2. The van der Waals surface area contributed by atoms with Crippen molar-refractivity contribution in [2.45, 2.75) is 19.8 Å². The van der Waals surface area contributed by atoms with E-state index >= 15 is 0 Å². The first kappa shape index (κ1) is 20.3. The molecular formula is C24H29N5O. The van der Waals surface area contributed by atoms with Crippen molar-refractivity contribution in [3.05, 3.63) is 66.0 Å². The Hall–Kier alpha value is -2.99. The molecule has 1 aliphatic rings. The SMILES string of the molecule is Cc1ccc(CC(CCN)C(=O)N2CCN(c3ncnc4ccccc34)CC2)cc1. The second-order valence-electron chi connectivity index (χ2n) is 7.99. The van der Waals surface area contributed by atoms with Crippen molar-refractivity contribution in [1.82, 2.24) is 14.9 Å². The number of anilines is 1. The molecular weight excluding hydrogens is 374 g/mol. The number of hydrogen-bond acceptors (Lipinski definition) is 5. The lowest BCUT2D eigenvalue weighted by Gasteiger charge is -2.37. The summed E-state index contributed by atoms with van der Waals surface area (Å²) in [6.07, 6.45) is 3.07. The first-order chi connectivity index (χ1) is 14.7. The quantitative estimate of drug-likeness (QED) is 0.685. The van der Waals surface area contributed by atoms with Gasteiger partial charge in [0.15, 0.2) is 0 Å². The molecule has 6 nitrogen and oxygen atoms in total. The molecule has 1 amide bonds. The minimum Gasteiger partial charge on any atom is -0.352 e. The van der Waals surface area contributed by atoms with Gasteiger partial charge in [-0.2, -0.15) is 0 Å². The Labute approximate surface area is 177 Å². The summed E-state index contributed by atoms with van der Waals surface area (Å²) in [4.78, 5) is 26.4. The highest BCUT2D eigenvalue weighted by molar-refractivity contribution is 5.89. The van der Waals surface area contributed by atoms with E-state index in [1.807, 2.05) is 23.1 Å². The molecule has 2 heterocycles. The van der Waals surface area contributed by atoms with Crippen LogP contribution in [0.5, 0.6) is 0 Å². The molecule has 0 radical (unpaired) electrons. The summed E-state index contributed by atoms with van der Waals surface area (Å²) in [5.41, 5.74) is 9.20. The van der Waals surface area contributed by atoms with Gasteiger partial charge in [-0.25, -0.2) is 9.97 Å². The predicted octanol–water partition coefficient (Wildman–Crippen LogP) is 2.79. The maximum Gasteiger partial charge on any atom is 0.226 e. The van der Waals surface area contributed by atoms with Gasteiger partial charge in [0.05, 0.1) is 5.52 Å². The Morgan fingerprint density at radius 1 is 1.03 bits per heavy atom. The van der Waals surface area contributed by atoms with Crippen molar-refractivity contribution >= 4 is 22.6 Å². The molecule has 6 heteroatoms. The summed E-state index contributed by atoms with van der Waals surface area (Å²) in [5.74, 6) is 1.10. The van der Waals surface area contributed by atoms with Crippen molar-refractivity contribution in [2.75, 3.05) is 37.6 Å². The molecule has 0 spiro atoms. The highest BCUT2D eigenvalue weighted by Crippen LogP contribution is 2.24. The number of nitrogens with two attached hydrogens (primary N) is 1. The standard InChI is InChI=1S/C24H29N5O/c1-18-6-8-19(9-7-18)16-20(10-11-25)24(30)29-14-12-28(13-15-29)23-21-4-2-3-5-22(21)26-17-27-23/h2-9,17,20H,10-16,25H2,1H3. The van der Waals surface area contributed by atoms with Gasteiger partial charge in [-0.15, -0.1) is 0 Å². The van der Waals surface area contributed by atoms with Gasteiger partial charge in [0.25, 0.3) is 0 Å². The number of nitrogens with zero attached hydrogens (tertiary/aromatic N) is 4. The summed E-state index contributed by atoms with van der Waals surface area (Å²) < 4.78 is 0. The number of carbonyl (C=O) groups excluding carboxylic acids is 1. The minimum absolute atomic E-state index is 0.0656. The summed E-state index contributed by atoms with van der Waals surface area (Å²) in [6.45, 7) is 5.54. The van der Waals surface area contributed by atoms with Crippen molar-refractivity contribution in [3.63, 3.8) is 0 Å². The van der Waals surface area contributed by atoms with Crippen LogP contribution in [-0.4, -0.2) is 53.5 Å². The molecule has 4 rings (SSSR count). The number of piperazine rings is 1. The third-order valence-corrected chi connectivity index (χ3v) is 5.88. The molecule has 30 heavy (non-hydrogen) atoms. The zero-order chi connectivity index (χ0) is 20.9. The van der Waals surface area contributed by atoms with Crippen LogP contribution in [0, 0.1) is 12.8 Å². The van der Waals surface area contributed by atoms with Gasteiger partial charge in [0.2, 0.25) is 5.91 Å². The van der Waals surface area contributed by atoms with E-state index in [4.69, 9.17) is 5.73 Å². The number of para-hydroxylation sites is 1. The second kappa shape index (κ2) is 9.22. The number of aryl methyl sites for hydroxylation is 1. The fraction of sp³-hybridized carbons (Fsp3) is 0.375. The summed E-state index contributed by atoms with van der Waals surface area (Å²) in [6, 6.07) is 16.5. The van der Waals surface area contributed by atoms with E-state index in [9.17, 15) is 4.79 Å². The number of carbonyl (C=O) groups is 1. The third kappa shape index (κ3) is 4.44. The average Bonchev–Trinajstić information content (AvgIpc) is 2.79. The Kier molecular flexibility index (Phi) is 6.23. The molecule has 2 aromatic carbocycles. The Bertz CT molecular complexity index is 991. The van der Waals surface area contributed by atoms with E-state index in [-0.39, 0.29) is 11.8 Å². The number of aromatic nitrogens is 2. The lowest BCUT2D eigenvalue weighted by molar-refractivity contribution is -0.136. The van der Waals surface area contributed by atoms with Gasteiger partial charge < -0.3 is 15.5 Å². The van der Waals surface area contributed by atoms with Crippen LogP contribution in [0.15, 0.2) is 54.9 Å². The topological polar surface area (TPSA) is 75.4 Å². The third-order valence-electron chi connectivity index (χ3n) is 5.88. The number of amides is 1. The van der Waals surface area contributed by atoms with E-state index in [0.717, 1.165) is 36.2 Å². The highest BCUT2D eigenvalue weighted by atomic mass is 16.2. The maximum atomic E-state index is 13.2. The first-order valence-corrected chi connectivity index (χ1v) is 10.6. The lowest BCUT2D eigenvalue weighted by Crippen LogP contribution is -2.51. The molecule has 2 N–H and O–H groups in total. The molecule has 1 saturated heterocycles. The van der Waals surface area contributed by atoms with Gasteiger partial charge in [-0.1, -0.05) is 42.0 Å². The second-order valence-corrected chi connectivity index (χ2v) is 7.99. The van der Waals surface area contributed by atoms with Crippen LogP contribution in [-0.2, 0) is 11.2 Å². The van der Waals surface area contributed by atoms with Gasteiger partial charge in [0.1, 0.15) is 12.1 Å². The molecule has 156 valence electrons. The van der Waals surface area contributed by atoms with Gasteiger partial charge in [0, 0.05) is 37.5 Å². The van der Waals surface area contributed by atoms with Crippen molar-refractivity contribution < 1.29 is 4.79 Å². The van der Waals surface area contributed by atoms with Crippen molar-refractivity contribution in [1.29, 1.82) is 0 Å². The normalized spacial score (nSPS) is 15.4. The van der Waals surface area contributed by atoms with Gasteiger partial charge in [-0.3, -0.25) is 4.79 Å². The van der Waals surface area contributed by atoms with E-state index < -0.39 is 0 Å². The molecule has 0 bridgehead atoms. The average molecular weight is 404 g/mol. The zero-order valence-electron chi connectivity index (χ0n) is 17.5. The molecule has 1 unspecified atom stereocenters. The fourth-order valence-electron chi connectivity index (χ4n) is 4.16. The van der Waals surface area contributed by atoms with Crippen molar-refractivity contribution in [2.24, 2.45) is 11.7 Å². The summed E-state index contributed by atoms with van der Waals surface area (Å²) in [7, 11) is 0. The van der Waals surface area contributed by atoms with Crippen LogP contribution in [0.1, 0.15) is 17.5 Å². The van der Waals surface area contributed by atoms with Crippen LogP contribution in [0.2, 0.25) is 0 Å². The number of rotatable bonds is 6. The number of hydrogen-bond donors (Lipinski definition) is 1. The van der Waals surface area contributed by atoms with Crippen LogP contribution in [0.4, 0.5) is 5.82 Å². The number of fused-ring (bicyclic) bond motifs is 1. The fourth-order valence-corrected chi connectivity index (χ4v) is 4.16. The Morgan fingerprint density at radius 2 is 1.77 bits per heavy atom. The first-order valence-electron chi connectivity index (χ1n) is 10.6. The van der Waals surface area contributed by atoms with Crippen LogP contribution in [0.3, 0.4) is 0 Å². The van der Waals surface area contributed by atoms with E-state index in [1.54, 1.807) is 6.33 Å². The van der Waals surface area contributed by atoms with Crippen LogP contribution < -0.4 is 10.6 Å².